The third-order valence-corrected chi connectivity index (χ3v) is 6.46. The fourth-order valence-corrected chi connectivity index (χ4v) is 4.71. The average molecular weight is 437 g/mol. The van der Waals surface area contributed by atoms with Crippen molar-refractivity contribution in [3.05, 3.63) is 64.6 Å². The van der Waals surface area contributed by atoms with Crippen LogP contribution in [0.5, 0.6) is 0 Å². The zero-order valence-electron chi connectivity index (χ0n) is 14.3. The van der Waals surface area contributed by atoms with E-state index < -0.39 is 10.0 Å². The molecule has 1 amide bonds. The molecule has 1 aliphatic heterocycles. The van der Waals surface area contributed by atoms with E-state index in [1.807, 2.05) is 29.2 Å². The number of carbonyl (C=O) groups excluding carboxylic acids is 1. The summed E-state index contributed by atoms with van der Waals surface area (Å²) < 4.78 is 27.9. The van der Waals surface area contributed by atoms with Crippen molar-refractivity contribution in [1.82, 2.24) is 9.62 Å². The van der Waals surface area contributed by atoms with Gasteiger partial charge in [-0.15, -0.1) is 0 Å². The minimum Gasteiger partial charge on any atom is -0.336 e. The van der Waals surface area contributed by atoms with Crippen LogP contribution in [0.25, 0.3) is 0 Å². The number of amides is 1. The highest BCUT2D eigenvalue weighted by Gasteiger charge is 2.29. The molecular weight excluding hydrogens is 416 g/mol. The van der Waals surface area contributed by atoms with Crippen LogP contribution in [0.1, 0.15) is 30.9 Å². The van der Waals surface area contributed by atoms with E-state index in [4.69, 9.17) is 0 Å². The number of likely N-dealkylation sites (tertiary alicyclic amines) is 1. The van der Waals surface area contributed by atoms with Crippen molar-refractivity contribution in [2.45, 2.75) is 30.2 Å². The Kier molecular flexibility index (Phi) is 6.11. The molecule has 1 saturated heterocycles. The van der Waals surface area contributed by atoms with Crippen LogP contribution in [0.3, 0.4) is 0 Å². The van der Waals surface area contributed by atoms with Gasteiger partial charge in [-0.2, -0.15) is 0 Å². The maximum absolute atomic E-state index is 12.6. The van der Waals surface area contributed by atoms with E-state index in [2.05, 4.69) is 20.7 Å². The van der Waals surface area contributed by atoms with E-state index in [0.29, 0.717) is 6.54 Å². The normalized spacial score (nSPS) is 17.4. The Morgan fingerprint density at radius 2 is 1.92 bits per heavy atom. The van der Waals surface area contributed by atoms with Gasteiger partial charge in [0.1, 0.15) is 0 Å². The first-order valence-corrected chi connectivity index (χ1v) is 10.8. The molecule has 0 spiro atoms. The van der Waals surface area contributed by atoms with E-state index in [1.54, 1.807) is 18.2 Å². The van der Waals surface area contributed by atoms with Crippen molar-refractivity contribution in [2.24, 2.45) is 0 Å². The first-order chi connectivity index (χ1) is 12.5. The Morgan fingerprint density at radius 1 is 1.15 bits per heavy atom. The molecule has 3 rings (SSSR count). The summed E-state index contributed by atoms with van der Waals surface area (Å²) in [4.78, 5) is 14.7. The van der Waals surface area contributed by atoms with E-state index in [-0.39, 0.29) is 29.8 Å². The van der Waals surface area contributed by atoms with Gasteiger partial charge in [0, 0.05) is 24.0 Å². The lowest BCUT2D eigenvalue weighted by molar-refractivity contribution is -0.131. The summed E-state index contributed by atoms with van der Waals surface area (Å²) in [6, 6.07) is 16.2. The molecule has 1 heterocycles. The van der Waals surface area contributed by atoms with Crippen LogP contribution in [0.15, 0.2) is 64.0 Å². The first kappa shape index (κ1) is 19.1. The number of hydrogen-bond acceptors (Lipinski definition) is 3. The fourth-order valence-electron chi connectivity index (χ4n) is 3.24. The molecule has 1 unspecified atom stereocenters. The summed E-state index contributed by atoms with van der Waals surface area (Å²) in [5.41, 5.74) is 1.11. The summed E-state index contributed by atoms with van der Waals surface area (Å²) in [7, 11) is -3.58. The molecule has 0 saturated carbocycles. The van der Waals surface area contributed by atoms with E-state index in [0.717, 1.165) is 22.9 Å². The molecule has 2 aromatic carbocycles. The Balaban J connectivity index is 1.59. The van der Waals surface area contributed by atoms with Crippen LogP contribution >= 0.6 is 15.9 Å². The SMILES string of the molecule is O=C(CCNS(=O)(=O)c1ccccc1)N1CCCC1c1cccc(Br)c1. The summed E-state index contributed by atoms with van der Waals surface area (Å²) in [6.45, 7) is 0.805. The summed E-state index contributed by atoms with van der Waals surface area (Å²) in [5, 5.41) is 0. The Hall–Kier alpha value is -1.70. The van der Waals surface area contributed by atoms with Gasteiger partial charge < -0.3 is 4.90 Å². The Morgan fingerprint density at radius 3 is 2.65 bits per heavy atom. The van der Waals surface area contributed by atoms with Crippen LogP contribution in [0.2, 0.25) is 0 Å². The van der Waals surface area contributed by atoms with Gasteiger partial charge in [0.2, 0.25) is 15.9 Å². The van der Waals surface area contributed by atoms with Gasteiger partial charge in [-0.05, 0) is 42.7 Å². The predicted octanol–water partition coefficient (Wildman–Crippen LogP) is 3.48. The van der Waals surface area contributed by atoms with Crippen LogP contribution in [-0.4, -0.2) is 32.3 Å². The second-order valence-electron chi connectivity index (χ2n) is 6.26. The number of rotatable bonds is 6. The van der Waals surface area contributed by atoms with Crippen LogP contribution in [-0.2, 0) is 14.8 Å². The molecule has 0 aromatic heterocycles. The zero-order valence-corrected chi connectivity index (χ0v) is 16.7. The highest BCUT2D eigenvalue weighted by molar-refractivity contribution is 9.10. The molecule has 0 radical (unpaired) electrons. The lowest BCUT2D eigenvalue weighted by atomic mass is 10.0. The monoisotopic (exact) mass is 436 g/mol. The van der Waals surface area contributed by atoms with Crippen molar-refractivity contribution in [3.63, 3.8) is 0 Å². The molecular formula is C19H21BrN2O3S. The van der Waals surface area contributed by atoms with E-state index in [9.17, 15) is 13.2 Å². The average Bonchev–Trinajstić information content (AvgIpc) is 3.12. The largest absolute Gasteiger partial charge is 0.336 e. The quantitative estimate of drug-likeness (QED) is 0.753. The number of carbonyl (C=O) groups is 1. The number of hydrogen-bond donors (Lipinski definition) is 1. The third-order valence-electron chi connectivity index (χ3n) is 4.49. The number of nitrogens with zero attached hydrogens (tertiary/aromatic N) is 1. The van der Waals surface area contributed by atoms with E-state index >= 15 is 0 Å². The standard InChI is InChI=1S/C19H21BrN2O3S/c20-16-7-4-6-15(14-16)18-10-5-13-22(18)19(23)11-12-21-26(24,25)17-8-2-1-3-9-17/h1-4,6-9,14,18,21H,5,10-13H2. The van der Waals surface area contributed by atoms with Crippen LogP contribution in [0, 0.1) is 0 Å². The van der Waals surface area contributed by atoms with Crippen molar-refractivity contribution < 1.29 is 13.2 Å². The van der Waals surface area contributed by atoms with Gasteiger partial charge >= 0.3 is 0 Å². The zero-order chi connectivity index (χ0) is 18.6. The summed E-state index contributed by atoms with van der Waals surface area (Å²) in [6.07, 6.45) is 2.03. The van der Waals surface area contributed by atoms with Gasteiger partial charge in [0.25, 0.3) is 0 Å². The van der Waals surface area contributed by atoms with Crippen LogP contribution < -0.4 is 4.72 Å². The maximum Gasteiger partial charge on any atom is 0.240 e. The minimum absolute atomic E-state index is 0.0248. The molecule has 1 atom stereocenters. The second kappa shape index (κ2) is 8.33. The van der Waals surface area contributed by atoms with Crippen molar-refractivity contribution in [2.75, 3.05) is 13.1 Å². The lowest BCUT2D eigenvalue weighted by Crippen LogP contribution is -2.34. The summed E-state index contributed by atoms with van der Waals surface area (Å²) in [5.74, 6) is -0.0248. The first-order valence-electron chi connectivity index (χ1n) is 8.57. The second-order valence-corrected chi connectivity index (χ2v) is 8.94. The number of halogens is 1. The molecule has 26 heavy (non-hydrogen) atoms. The molecule has 1 aliphatic rings. The highest BCUT2D eigenvalue weighted by atomic mass is 79.9. The van der Waals surface area contributed by atoms with Gasteiger partial charge in [-0.25, -0.2) is 13.1 Å². The van der Waals surface area contributed by atoms with Gasteiger partial charge in [-0.3, -0.25) is 4.79 Å². The van der Waals surface area contributed by atoms with Gasteiger partial charge in [-0.1, -0.05) is 46.3 Å². The smallest absolute Gasteiger partial charge is 0.240 e. The van der Waals surface area contributed by atoms with Gasteiger partial charge in [0.05, 0.1) is 10.9 Å². The maximum atomic E-state index is 12.6. The van der Waals surface area contributed by atoms with Crippen molar-refractivity contribution >= 4 is 31.9 Å². The van der Waals surface area contributed by atoms with Crippen LogP contribution in [0.4, 0.5) is 0 Å². The minimum atomic E-state index is -3.58. The molecule has 7 heteroatoms. The Bertz CT molecular complexity index is 871. The fraction of sp³-hybridized carbons (Fsp3) is 0.316. The highest BCUT2D eigenvalue weighted by Crippen LogP contribution is 2.33. The molecule has 0 aliphatic carbocycles. The number of nitrogens with one attached hydrogen (secondary N) is 1. The third kappa shape index (κ3) is 4.52. The molecule has 0 bridgehead atoms. The molecule has 1 N–H and O–H groups in total. The molecule has 2 aromatic rings. The number of benzene rings is 2. The lowest BCUT2D eigenvalue weighted by Gasteiger charge is -2.25. The van der Waals surface area contributed by atoms with Gasteiger partial charge in [0.15, 0.2) is 0 Å². The van der Waals surface area contributed by atoms with Crippen molar-refractivity contribution in [3.8, 4) is 0 Å². The molecule has 5 nitrogen and oxygen atoms in total. The summed E-state index contributed by atoms with van der Waals surface area (Å²) >= 11 is 3.47. The number of sulfonamides is 1. The molecule has 1 fully saturated rings. The molecule has 138 valence electrons. The predicted molar refractivity (Wildman–Crippen MR) is 104 cm³/mol. The van der Waals surface area contributed by atoms with Crippen molar-refractivity contribution in [1.29, 1.82) is 0 Å². The topological polar surface area (TPSA) is 66.5 Å². The Labute approximate surface area is 162 Å². The van der Waals surface area contributed by atoms with E-state index in [1.165, 1.54) is 12.1 Å².